The highest BCUT2D eigenvalue weighted by molar-refractivity contribution is 5.58. The standard InChI is InChI=1S/C21H22FN3O/c22-18-8-6-16(7-9-18)21-10-19(26-24-21)13-25-12-17(11-23)20(14-25)15-4-2-1-3-5-15/h1-10,17,20H,11-14,23H2/t17-,20+/m1/s1. The van der Waals surface area contributed by atoms with E-state index in [4.69, 9.17) is 10.3 Å². The maximum absolute atomic E-state index is 13.1. The summed E-state index contributed by atoms with van der Waals surface area (Å²) in [5, 5.41) is 4.13. The highest BCUT2D eigenvalue weighted by atomic mass is 19.1. The summed E-state index contributed by atoms with van der Waals surface area (Å²) < 4.78 is 18.6. The molecule has 0 radical (unpaired) electrons. The topological polar surface area (TPSA) is 55.3 Å². The summed E-state index contributed by atoms with van der Waals surface area (Å²) in [4.78, 5) is 2.37. The molecule has 0 aliphatic carbocycles. The first-order valence-electron chi connectivity index (χ1n) is 8.92. The third kappa shape index (κ3) is 3.54. The van der Waals surface area contributed by atoms with Crippen LogP contribution in [-0.4, -0.2) is 29.7 Å². The van der Waals surface area contributed by atoms with Crippen LogP contribution in [0.3, 0.4) is 0 Å². The van der Waals surface area contributed by atoms with E-state index < -0.39 is 0 Å². The second kappa shape index (κ2) is 7.40. The Kier molecular flexibility index (Phi) is 4.82. The average molecular weight is 351 g/mol. The van der Waals surface area contributed by atoms with Gasteiger partial charge in [-0.3, -0.25) is 4.90 Å². The van der Waals surface area contributed by atoms with Crippen molar-refractivity contribution < 1.29 is 8.91 Å². The van der Waals surface area contributed by atoms with Crippen molar-refractivity contribution in [3.05, 3.63) is 77.8 Å². The minimum Gasteiger partial charge on any atom is -0.359 e. The Hall–Kier alpha value is -2.50. The summed E-state index contributed by atoms with van der Waals surface area (Å²) in [5.41, 5.74) is 8.94. The zero-order chi connectivity index (χ0) is 17.9. The normalized spacial score (nSPS) is 20.5. The minimum absolute atomic E-state index is 0.255. The molecule has 134 valence electrons. The molecule has 1 aromatic heterocycles. The first-order chi connectivity index (χ1) is 12.7. The molecule has 2 atom stereocenters. The molecule has 1 fully saturated rings. The highest BCUT2D eigenvalue weighted by Crippen LogP contribution is 2.33. The molecule has 2 heterocycles. The summed E-state index contributed by atoms with van der Waals surface area (Å²) in [6.07, 6.45) is 0. The molecule has 0 unspecified atom stereocenters. The Labute approximate surface area is 152 Å². The lowest BCUT2D eigenvalue weighted by atomic mass is 9.89. The number of likely N-dealkylation sites (tertiary alicyclic amines) is 1. The van der Waals surface area contributed by atoms with Crippen molar-refractivity contribution in [2.75, 3.05) is 19.6 Å². The maximum Gasteiger partial charge on any atom is 0.151 e. The number of hydrogen-bond acceptors (Lipinski definition) is 4. The van der Waals surface area contributed by atoms with Crippen molar-refractivity contribution in [3.8, 4) is 11.3 Å². The molecule has 26 heavy (non-hydrogen) atoms. The van der Waals surface area contributed by atoms with E-state index in [-0.39, 0.29) is 5.82 Å². The molecular formula is C21H22FN3O. The third-order valence-electron chi connectivity index (χ3n) is 5.13. The van der Waals surface area contributed by atoms with Crippen LogP contribution in [0.1, 0.15) is 17.2 Å². The van der Waals surface area contributed by atoms with Crippen molar-refractivity contribution in [2.45, 2.75) is 12.5 Å². The molecule has 0 spiro atoms. The van der Waals surface area contributed by atoms with Crippen LogP contribution in [0.25, 0.3) is 11.3 Å². The first-order valence-corrected chi connectivity index (χ1v) is 8.92. The summed E-state index contributed by atoms with van der Waals surface area (Å²) >= 11 is 0. The molecule has 5 heteroatoms. The lowest BCUT2D eigenvalue weighted by molar-refractivity contribution is 0.266. The molecule has 4 nitrogen and oxygen atoms in total. The fourth-order valence-corrected chi connectivity index (χ4v) is 3.77. The SMILES string of the molecule is NC[C@@H]1CN(Cc2cc(-c3ccc(F)cc3)no2)C[C@H]1c1ccccc1. The number of nitrogens with two attached hydrogens (primary N) is 1. The lowest BCUT2D eigenvalue weighted by Crippen LogP contribution is -2.23. The van der Waals surface area contributed by atoms with Gasteiger partial charge in [0.1, 0.15) is 11.5 Å². The van der Waals surface area contributed by atoms with Gasteiger partial charge in [-0.15, -0.1) is 0 Å². The van der Waals surface area contributed by atoms with Gasteiger partial charge in [0.05, 0.1) is 6.54 Å². The molecule has 0 bridgehead atoms. The zero-order valence-electron chi connectivity index (χ0n) is 14.5. The maximum atomic E-state index is 13.1. The van der Waals surface area contributed by atoms with Crippen molar-refractivity contribution >= 4 is 0 Å². The zero-order valence-corrected chi connectivity index (χ0v) is 14.5. The van der Waals surface area contributed by atoms with E-state index >= 15 is 0 Å². The Morgan fingerprint density at radius 1 is 1.08 bits per heavy atom. The van der Waals surface area contributed by atoms with Crippen LogP contribution < -0.4 is 5.73 Å². The number of rotatable bonds is 5. The molecule has 2 N–H and O–H groups in total. The quantitative estimate of drug-likeness (QED) is 0.762. The van der Waals surface area contributed by atoms with Crippen molar-refractivity contribution in [3.63, 3.8) is 0 Å². The van der Waals surface area contributed by atoms with Gasteiger partial charge in [0.2, 0.25) is 0 Å². The Morgan fingerprint density at radius 2 is 1.85 bits per heavy atom. The smallest absolute Gasteiger partial charge is 0.151 e. The van der Waals surface area contributed by atoms with Crippen LogP contribution in [0.4, 0.5) is 4.39 Å². The van der Waals surface area contributed by atoms with Crippen molar-refractivity contribution in [2.24, 2.45) is 11.7 Å². The molecule has 1 aliphatic rings. The average Bonchev–Trinajstić information content (AvgIpc) is 3.30. The number of aromatic nitrogens is 1. The predicted molar refractivity (Wildman–Crippen MR) is 98.9 cm³/mol. The highest BCUT2D eigenvalue weighted by Gasteiger charge is 2.33. The molecule has 4 rings (SSSR count). The van der Waals surface area contributed by atoms with Gasteiger partial charge in [-0.05, 0) is 42.3 Å². The Bertz CT molecular complexity index is 847. The largest absolute Gasteiger partial charge is 0.359 e. The van der Waals surface area contributed by atoms with Gasteiger partial charge in [0, 0.05) is 30.6 Å². The number of nitrogens with zero attached hydrogens (tertiary/aromatic N) is 2. The van der Waals surface area contributed by atoms with Gasteiger partial charge >= 0.3 is 0 Å². The lowest BCUT2D eigenvalue weighted by Gasteiger charge is -2.16. The van der Waals surface area contributed by atoms with Crippen LogP contribution in [0.2, 0.25) is 0 Å². The summed E-state index contributed by atoms with van der Waals surface area (Å²) in [6.45, 7) is 3.28. The van der Waals surface area contributed by atoms with Crippen molar-refractivity contribution in [1.82, 2.24) is 10.1 Å². The van der Waals surface area contributed by atoms with Gasteiger partial charge in [-0.25, -0.2) is 4.39 Å². The monoisotopic (exact) mass is 351 g/mol. The molecule has 1 saturated heterocycles. The first kappa shape index (κ1) is 16.9. The summed E-state index contributed by atoms with van der Waals surface area (Å²) in [7, 11) is 0. The van der Waals surface area contributed by atoms with E-state index in [9.17, 15) is 4.39 Å². The molecule has 1 aliphatic heterocycles. The molecule has 0 amide bonds. The second-order valence-corrected chi connectivity index (χ2v) is 6.89. The van der Waals surface area contributed by atoms with E-state index in [1.165, 1.54) is 17.7 Å². The summed E-state index contributed by atoms with van der Waals surface area (Å²) in [6, 6.07) is 18.8. The van der Waals surface area contributed by atoms with E-state index in [1.54, 1.807) is 12.1 Å². The molecular weight excluding hydrogens is 329 g/mol. The van der Waals surface area contributed by atoms with E-state index in [0.717, 1.165) is 30.1 Å². The fourth-order valence-electron chi connectivity index (χ4n) is 3.77. The van der Waals surface area contributed by atoms with E-state index in [2.05, 4.69) is 34.3 Å². The Balaban J connectivity index is 1.46. The third-order valence-corrected chi connectivity index (χ3v) is 5.13. The molecule has 2 aromatic carbocycles. The van der Waals surface area contributed by atoms with Crippen LogP contribution in [-0.2, 0) is 6.54 Å². The fraction of sp³-hybridized carbons (Fsp3) is 0.286. The predicted octanol–water partition coefficient (Wildman–Crippen LogP) is 3.66. The van der Waals surface area contributed by atoms with Gasteiger partial charge in [-0.2, -0.15) is 0 Å². The van der Waals surface area contributed by atoms with Crippen LogP contribution in [0.15, 0.2) is 65.2 Å². The Morgan fingerprint density at radius 3 is 2.58 bits per heavy atom. The number of benzene rings is 2. The van der Waals surface area contributed by atoms with Gasteiger partial charge in [0.15, 0.2) is 5.76 Å². The molecule has 3 aromatic rings. The molecule has 0 saturated carbocycles. The van der Waals surface area contributed by atoms with Crippen LogP contribution >= 0.6 is 0 Å². The number of hydrogen-bond donors (Lipinski definition) is 1. The van der Waals surface area contributed by atoms with Crippen molar-refractivity contribution in [1.29, 1.82) is 0 Å². The van der Waals surface area contributed by atoms with E-state index in [1.807, 2.05) is 12.1 Å². The summed E-state index contributed by atoms with van der Waals surface area (Å²) in [5.74, 6) is 1.45. The van der Waals surface area contributed by atoms with Crippen LogP contribution in [0.5, 0.6) is 0 Å². The van der Waals surface area contributed by atoms with Gasteiger partial charge in [-0.1, -0.05) is 35.5 Å². The minimum atomic E-state index is -0.255. The second-order valence-electron chi connectivity index (χ2n) is 6.89. The van der Waals surface area contributed by atoms with Gasteiger partial charge in [0.25, 0.3) is 0 Å². The van der Waals surface area contributed by atoms with Crippen LogP contribution in [0, 0.1) is 11.7 Å². The van der Waals surface area contributed by atoms with E-state index in [0.29, 0.717) is 24.9 Å². The van der Waals surface area contributed by atoms with Gasteiger partial charge < -0.3 is 10.3 Å². The number of halogens is 1.